The van der Waals surface area contributed by atoms with Crippen LogP contribution in [0.5, 0.6) is 0 Å². The molecule has 0 saturated carbocycles. The third-order valence-electron chi connectivity index (χ3n) is 6.80. The number of ether oxygens (including phenoxy) is 5. The zero-order valence-electron chi connectivity index (χ0n) is 32.8. The Labute approximate surface area is 317 Å². The third-order valence-corrected chi connectivity index (χ3v) is 6.80. The van der Waals surface area contributed by atoms with E-state index in [0.717, 1.165) is 0 Å². The normalized spacial score (nSPS) is 12.6. The fraction of sp³-hybridized carbons (Fsp3) is 0.667. The molecular weight excluding hydrogens is 708 g/mol. The first-order chi connectivity index (χ1) is 25.3. The Morgan fingerprint density at radius 2 is 1.24 bits per heavy atom. The van der Waals surface area contributed by atoms with E-state index in [-0.39, 0.29) is 58.6 Å². The number of unbranched alkanes of at least 4 members (excludes halogenated alkanes) is 1. The van der Waals surface area contributed by atoms with Gasteiger partial charge in [-0.1, -0.05) is 26.0 Å². The van der Waals surface area contributed by atoms with Crippen molar-refractivity contribution in [3.63, 3.8) is 0 Å². The van der Waals surface area contributed by atoms with Crippen LogP contribution in [-0.2, 0) is 49.5 Å². The number of benzene rings is 1. The molecule has 0 fully saturated rings. The number of carbonyl (C=O) groups excluding carboxylic acids is 6. The minimum atomic E-state index is -0.973. The number of anilines is 1. The van der Waals surface area contributed by atoms with Crippen LogP contribution in [0.4, 0.5) is 15.3 Å². The van der Waals surface area contributed by atoms with Gasteiger partial charge in [0.2, 0.25) is 17.7 Å². The molecule has 18 nitrogen and oxygen atoms in total. The lowest BCUT2D eigenvalue weighted by Gasteiger charge is -2.25. The lowest BCUT2D eigenvalue weighted by Crippen LogP contribution is -2.55. The van der Waals surface area contributed by atoms with Gasteiger partial charge >= 0.3 is 12.2 Å². The molecule has 1 aromatic rings. The van der Waals surface area contributed by atoms with Gasteiger partial charge in [-0.15, -0.1) is 0 Å². The van der Waals surface area contributed by atoms with E-state index in [1.54, 1.807) is 79.7 Å². The lowest BCUT2D eigenvalue weighted by atomic mass is 10.0. The summed E-state index contributed by atoms with van der Waals surface area (Å²) < 4.78 is 26.1. The van der Waals surface area contributed by atoms with Gasteiger partial charge in [-0.25, -0.2) is 15.0 Å². The number of rotatable bonds is 22. The van der Waals surface area contributed by atoms with Gasteiger partial charge in [0.15, 0.2) is 0 Å². The molecule has 0 bridgehead atoms. The first kappa shape index (κ1) is 47.5. The molecule has 7 N–H and O–H groups in total. The summed E-state index contributed by atoms with van der Waals surface area (Å²) in [6.07, 6.45) is -0.129. The van der Waals surface area contributed by atoms with Crippen LogP contribution in [0.3, 0.4) is 0 Å². The Hall–Kier alpha value is -4.52. The van der Waals surface area contributed by atoms with Crippen LogP contribution in [0.25, 0.3) is 0 Å². The molecule has 306 valence electrons. The van der Waals surface area contributed by atoms with Crippen LogP contribution in [0, 0.1) is 5.92 Å². The molecule has 6 amide bonds. The Morgan fingerprint density at radius 3 is 1.80 bits per heavy atom. The van der Waals surface area contributed by atoms with Crippen molar-refractivity contribution in [2.75, 3.05) is 51.5 Å². The molecule has 1 aromatic carbocycles. The molecule has 0 aliphatic heterocycles. The predicted octanol–water partition coefficient (Wildman–Crippen LogP) is 2.04. The average Bonchev–Trinajstić information content (AvgIpc) is 3.06. The number of nitrogens with one attached hydrogen (secondary N) is 6. The summed E-state index contributed by atoms with van der Waals surface area (Å²) in [6.45, 7) is 13.8. The second-order valence-corrected chi connectivity index (χ2v) is 14.5. The summed E-state index contributed by atoms with van der Waals surface area (Å²) in [5.74, 6) is -2.49. The first-order valence-electron chi connectivity index (χ1n) is 17.9. The van der Waals surface area contributed by atoms with Crippen LogP contribution in [0.15, 0.2) is 24.3 Å². The van der Waals surface area contributed by atoms with Crippen molar-refractivity contribution in [2.45, 2.75) is 105 Å². The highest BCUT2D eigenvalue weighted by atomic mass is 16.6. The maximum atomic E-state index is 13.4. The van der Waals surface area contributed by atoms with Crippen molar-refractivity contribution in [2.24, 2.45) is 5.92 Å². The fourth-order valence-electron chi connectivity index (χ4n) is 4.31. The quantitative estimate of drug-likeness (QED) is 0.0663. The molecule has 0 heterocycles. The number of hydrazine groups is 1. The van der Waals surface area contributed by atoms with E-state index >= 15 is 0 Å². The Kier molecular flexibility index (Phi) is 21.8. The topological polar surface area (TPSA) is 241 Å². The fourth-order valence-corrected chi connectivity index (χ4v) is 4.31. The molecule has 0 aliphatic carbocycles. The molecule has 0 aliphatic rings. The van der Waals surface area contributed by atoms with E-state index in [2.05, 4.69) is 32.1 Å². The van der Waals surface area contributed by atoms with Crippen LogP contribution in [0.1, 0.15) is 80.2 Å². The highest BCUT2D eigenvalue weighted by molar-refractivity contribution is 5.98. The maximum Gasteiger partial charge on any atom is 0.426 e. The van der Waals surface area contributed by atoms with Crippen LogP contribution in [-0.4, -0.2) is 110 Å². The summed E-state index contributed by atoms with van der Waals surface area (Å²) in [5.41, 5.74) is 4.06. The average molecular weight is 769 g/mol. The van der Waals surface area contributed by atoms with Crippen molar-refractivity contribution >= 4 is 41.5 Å². The van der Waals surface area contributed by atoms with Crippen molar-refractivity contribution < 1.29 is 57.6 Å². The zero-order valence-corrected chi connectivity index (χ0v) is 32.8. The molecule has 0 unspecified atom stereocenters. The number of hydrogen-bond donors (Lipinski definition) is 7. The molecule has 18 heteroatoms. The van der Waals surface area contributed by atoms with Crippen LogP contribution < -0.4 is 32.1 Å². The molecule has 1 rings (SSSR count). The van der Waals surface area contributed by atoms with E-state index in [4.69, 9.17) is 23.7 Å². The number of carbonyl (C=O) groups is 6. The van der Waals surface area contributed by atoms with E-state index in [1.165, 1.54) is 0 Å². The monoisotopic (exact) mass is 768 g/mol. The van der Waals surface area contributed by atoms with E-state index in [0.29, 0.717) is 30.6 Å². The molecule has 0 spiro atoms. The van der Waals surface area contributed by atoms with Gasteiger partial charge in [0.1, 0.15) is 36.5 Å². The number of amides is 6. The minimum Gasteiger partial charge on any atom is -0.444 e. The van der Waals surface area contributed by atoms with Crippen molar-refractivity contribution in [1.82, 2.24) is 26.8 Å². The Morgan fingerprint density at radius 1 is 0.685 bits per heavy atom. The zero-order chi connectivity index (χ0) is 40.7. The molecule has 2 atom stereocenters. The van der Waals surface area contributed by atoms with Crippen molar-refractivity contribution in [3.8, 4) is 0 Å². The molecular formula is C36H60N6O12. The van der Waals surface area contributed by atoms with Crippen LogP contribution >= 0.6 is 0 Å². The summed E-state index contributed by atoms with van der Waals surface area (Å²) in [4.78, 5) is 74.6. The molecule has 54 heavy (non-hydrogen) atoms. The summed E-state index contributed by atoms with van der Waals surface area (Å²) >= 11 is 0. The summed E-state index contributed by atoms with van der Waals surface area (Å²) in [6, 6.07) is 4.67. The van der Waals surface area contributed by atoms with Gasteiger partial charge in [0.05, 0.1) is 33.0 Å². The molecule has 0 aromatic heterocycles. The Balaban J connectivity index is 2.54. The maximum absolute atomic E-state index is 13.4. The van der Waals surface area contributed by atoms with Gasteiger partial charge in [0.25, 0.3) is 5.91 Å². The summed E-state index contributed by atoms with van der Waals surface area (Å²) in [7, 11) is 0. The van der Waals surface area contributed by atoms with Gasteiger partial charge in [-0.3, -0.25) is 24.6 Å². The number of alkyl carbamates (subject to hydrolysis) is 1. The van der Waals surface area contributed by atoms with E-state index < -0.39 is 59.1 Å². The molecule has 0 radical (unpaired) electrons. The lowest BCUT2D eigenvalue weighted by molar-refractivity contribution is -0.134. The van der Waals surface area contributed by atoms with Crippen LogP contribution in [0.2, 0.25) is 0 Å². The Bertz CT molecular complexity index is 1330. The van der Waals surface area contributed by atoms with Gasteiger partial charge < -0.3 is 50.1 Å². The number of aliphatic hydroxyl groups excluding tert-OH is 1. The minimum absolute atomic E-state index is 0.0660. The SMILES string of the molecule is CC(C)[C@H](NC(=O)COCCOCCOCC(=O)NNC(=O)OC(C)(C)C)C(=O)N[C@@H](CCCCNC(=O)OC(C)(C)C)C(=O)Nc1ccc(CO)cc1. The van der Waals surface area contributed by atoms with E-state index in [9.17, 15) is 33.9 Å². The first-order valence-corrected chi connectivity index (χ1v) is 17.9. The van der Waals surface area contributed by atoms with E-state index in [1.807, 2.05) is 0 Å². The highest BCUT2D eigenvalue weighted by Gasteiger charge is 2.29. The largest absolute Gasteiger partial charge is 0.444 e. The third kappa shape index (κ3) is 23.2. The number of aliphatic hydroxyl groups is 1. The second kappa shape index (κ2) is 24.7. The van der Waals surface area contributed by atoms with Gasteiger partial charge in [0, 0.05) is 12.2 Å². The van der Waals surface area contributed by atoms with Gasteiger partial charge in [-0.05, 0) is 84.4 Å². The van der Waals surface area contributed by atoms with Gasteiger partial charge in [-0.2, -0.15) is 0 Å². The number of hydrogen-bond acceptors (Lipinski definition) is 12. The standard InChI is InChI=1S/C36H60N6O12/c1-24(2)30(40-28(44)22-51-19-17-50-18-20-52-23-29(45)41-42-34(49)54-36(6,7)8)32(47)39-27(11-9-10-16-37-33(48)53-35(3,4)5)31(46)38-26-14-12-25(21-43)13-15-26/h12-15,24,27,30,43H,9-11,16-23H2,1-8H3,(H,37,48)(H,38,46)(H,39,47)(H,40,44)(H,41,45)(H,42,49)/t27-,30-/m0/s1. The second-order valence-electron chi connectivity index (χ2n) is 14.5. The highest BCUT2D eigenvalue weighted by Crippen LogP contribution is 2.13. The van der Waals surface area contributed by atoms with Crippen molar-refractivity contribution in [3.05, 3.63) is 29.8 Å². The molecule has 0 saturated heterocycles. The predicted molar refractivity (Wildman–Crippen MR) is 198 cm³/mol. The smallest absolute Gasteiger partial charge is 0.426 e. The summed E-state index contributed by atoms with van der Waals surface area (Å²) in [5, 5.41) is 20.2. The van der Waals surface area contributed by atoms with Crippen molar-refractivity contribution in [1.29, 1.82) is 0 Å².